The lowest BCUT2D eigenvalue weighted by Gasteiger charge is -2.34. The molecule has 2 aliphatic heterocycles. The molecule has 0 saturated carbocycles. The Bertz CT molecular complexity index is 876. The van der Waals surface area contributed by atoms with Crippen molar-refractivity contribution >= 4 is 28.7 Å². The van der Waals surface area contributed by atoms with Crippen LogP contribution in [-0.2, 0) is 0 Å². The van der Waals surface area contributed by atoms with Gasteiger partial charge in [0.1, 0.15) is 0 Å². The average Bonchev–Trinajstić information content (AvgIpc) is 3.08. The van der Waals surface area contributed by atoms with E-state index in [0.717, 1.165) is 18.8 Å². The Morgan fingerprint density at radius 3 is 2.44 bits per heavy atom. The highest BCUT2D eigenvalue weighted by Gasteiger charge is 2.43. The molecular weight excluding hydrogens is 352 g/mol. The topological polar surface area (TPSA) is 42.7 Å². The van der Waals surface area contributed by atoms with Gasteiger partial charge in [-0.15, -0.1) is 0 Å². The second-order valence-electron chi connectivity index (χ2n) is 7.08. The van der Waals surface area contributed by atoms with Gasteiger partial charge in [-0.1, -0.05) is 72.4 Å². The van der Waals surface area contributed by atoms with Crippen LogP contribution >= 0.6 is 11.8 Å². The summed E-state index contributed by atoms with van der Waals surface area (Å²) in [5, 5.41) is 15.8. The van der Waals surface area contributed by atoms with E-state index >= 15 is 0 Å². The van der Waals surface area contributed by atoms with Crippen LogP contribution in [0.25, 0.3) is 6.08 Å². The summed E-state index contributed by atoms with van der Waals surface area (Å²) in [5.41, 5.74) is 4.79. The Morgan fingerprint density at radius 1 is 1.11 bits per heavy atom. The van der Waals surface area contributed by atoms with Crippen molar-refractivity contribution in [1.29, 1.82) is 5.41 Å². The molecule has 1 fully saturated rings. The summed E-state index contributed by atoms with van der Waals surface area (Å²) in [5.74, 6) is 0.258. The van der Waals surface area contributed by atoms with Crippen LogP contribution < -0.4 is 0 Å². The van der Waals surface area contributed by atoms with E-state index in [1.807, 2.05) is 23.4 Å². The van der Waals surface area contributed by atoms with Gasteiger partial charge in [-0.2, -0.15) is 5.10 Å². The van der Waals surface area contributed by atoms with Crippen molar-refractivity contribution in [1.82, 2.24) is 9.91 Å². The molecule has 2 aliphatic rings. The van der Waals surface area contributed by atoms with Gasteiger partial charge in [0.05, 0.1) is 11.8 Å². The van der Waals surface area contributed by atoms with Gasteiger partial charge in [-0.05, 0) is 36.1 Å². The van der Waals surface area contributed by atoms with Crippen molar-refractivity contribution in [3.63, 3.8) is 0 Å². The standard InChI is InChI=1S/C22H24N4S/c1-25-14-18(13-16-9-5-3-6-10-16)20-19(15-25)21(17-11-7-4-8-12-17)26(24-20)22(23)27-2/h3-13,19,21,23H,14-15H2,1-2H3/b18-13+,23-22?/t19-,21-/m1/s1. The molecule has 0 radical (unpaired) electrons. The maximum atomic E-state index is 8.45. The van der Waals surface area contributed by atoms with Crippen molar-refractivity contribution in [3.8, 4) is 0 Å². The highest BCUT2D eigenvalue weighted by molar-refractivity contribution is 8.13. The van der Waals surface area contributed by atoms with Gasteiger partial charge in [-0.3, -0.25) is 5.41 Å². The van der Waals surface area contributed by atoms with Crippen LogP contribution in [0.3, 0.4) is 0 Å². The van der Waals surface area contributed by atoms with Crippen molar-refractivity contribution in [3.05, 3.63) is 77.4 Å². The number of fused-ring (bicyclic) bond motifs is 1. The molecule has 2 atom stereocenters. The van der Waals surface area contributed by atoms with Gasteiger partial charge < -0.3 is 4.90 Å². The van der Waals surface area contributed by atoms with Crippen LogP contribution in [0.5, 0.6) is 0 Å². The van der Waals surface area contributed by atoms with E-state index in [1.165, 1.54) is 28.5 Å². The Balaban J connectivity index is 1.77. The number of nitrogens with zero attached hydrogens (tertiary/aromatic N) is 3. The van der Waals surface area contributed by atoms with Gasteiger partial charge in [0.2, 0.25) is 0 Å². The van der Waals surface area contributed by atoms with E-state index in [2.05, 4.69) is 66.6 Å². The number of amidine groups is 1. The second-order valence-corrected chi connectivity index (χ2v) is 7.87. The number of nitrogens with one attached hydrogen (secondary N) is 1. The molecule has 27 heavy (non-hydrogen) atoms. The monoisotopic (exact) mass is 376 g/mol. The zero-order valence-electron chi connectivity index (χ0n) is 15.7. The number of hydrogen-bond donors (Lipinski definition) is 1. The van der Waals surface area contributed by atoms with Crippen molar-refractivity contribution in [2.75, 3.05) is 26.4 Å². The SMILES string of the molecule is CSC(=N)N1N=C2/C(=C/c3ccccc3)CN(C)C[C@H]2[C@H]1c1ccccc1. The highest BCUT2D eigenvalue weighted by atomic mass is 32.2. The lowest BCUT2D eigenvalue weighted by Crippen LogP contribution is -2.42. The van der Waals surface area contributed by atoms with Crippen LogP contribution in [-0.4, -0.2) is 47.2 Å². The zero-order valence-corrected chi connectivity index (χ0v) is 16.5. The third-order valence-corrected chi connectivity index (χ3v) is 5.75. The predicted molar refractivity (Wildman–Crippen MR) is 115 cm³/mol. The summed E-state index contributed by atoms with van der Waals surface area (Å²) in [4.78, 5) is 2.36. The average molecular weight is 377 g/mol. The molecule has 0 aliphatic carbocycles. The minimum Gasteiger partial charge on any atom is -0.301 e. The van der Waals surface area contributed by atoms with Crippen LogP contribution in [0.4, 0.5) is 0 Å². The summed E-state index contributed by atoms with van der Waals surface area (Å²) in [6, 6.07) is 21.0. The summed E-state index contributed by atoms with van der Waals surface area (Å²) < 4.78 is 0. The molecule has 1 saturated heterocycles. The molecule has 0 spiro atoms. The van der Waals surface area contributed by atoms with Crippen molar-refractivity contribution in [2.24, 2.45) is 11.0 Å². The lowest BCUT2D eigenvalue weighted by atomic mass is 9.83. The third kappa shape index (κ3) is 3.57. The fraction of sp³-hybridized carbons (Fsp3) is 0.273. The smallest absolute Gasteiger partial charge is 0.177 e. The molecule has 0 bridgehead atoms. The molecule has 0 amide bonds. The quantitative estimate of drug-likeness (QED) is 0.626. The molecule has 2 heterocycles. The zero-order chi connectivity index (χ0) is 18.8. The molecule has 138 valence electrons. The molecular formula is C22H24N4S. The largest absolute Gasteiger partial charge is 0.301 e. The fourth-order valence-electron chi connectivity index (χ4n) is 3.99. The Morgan fingerprint density at radius 2 is 1.78 bits per heavy atom. The van der Waals surface area contributed by atoms with Gasteiger partial charge in [0.25, 0.3) is 0 Å². The van der Waals surface area contributed by atoms with Crippen molar-refractivity contribution < 1.29 is 0 Å². The summed E-state index contributed by atoms with van der Waals surface area (Å²) in [6.45, 7) is 1.83. The van der Waals surface area contributed by atoms with Crippen LogP contribution in [0.2, 0.25) is 0 Å². The number of thioether (sulfide) groups is 1. The molecule has 0 aromatic heterocycles. The first-order valence-electron chi connectivity index (χ1n) is 9.17. The first kappa shape index (κ1) is 18.0. The van der Waals surface area contributed by atoms with E-state index in [0.29, 0.717) is 5.17 Å². The van der Waals surface area contributed by atoms with Gasteiger partial charge in [-0.25, -0.2) is 5.01 Å². The number of rotatable bonds is 2. The fourth-order valence-corrected chi connectivity index (χ4v) is 4.33. The summed E-state index contributed by atoms with van der Waals surface area (Å²) in [7, 11) is 2.17. The number of likely N-dealkylation sites (tertiary alicyclic amines) is 1. The summed E-state index contributed by atoms with van der Waals surface area (Å²) in [6.07, 6.45) is 4.19. The third-order valence-electron chi connectivity index (χ3n) is 5.17. The maximum Gasteiger partial charge on any atom is 0.177 e. The Labute approximate surface area is 165 Å². The minimum absolute atomic E-state index is 0.0723. The predicted octanol–water partition coefficient (Wildman–Crippen LogP) is 4.34. The normalized spacial score (nSPS) is 24.0. The Kier molecular flexibility index (Phi) is 5.14. The van der Waals surface area contributed by atoms with Crippen molar-refractivity contribution in [2.45, 2.75) is 6.04 Å². The van der Waals surface area contributed by atoms with E-state index in [-0.39, 0.29) is 12.0 Å². The number of hydrazone groups is 1. The number of benzene rings is 2. The van der Waals surface area contributed by atoms with Crippen LogP contribution in [0.15, 0.2) is 71.3 Å². The molecule has 4 rings (SSSR count). The summed E-state index contributed by atoms with van der Waals surface area (Å²) >= 11 is 1.44. The van der Waals surface area contributed by atoms with Gasteiger partial charge in [0.15, 0.2) is 5.17 Å². The van der Waals surface area contributed by atoms with Crippen LogP contribution in [0, 0.1) is 11.3 Å². The molecule has 2 aromatic rings. The molecule has 2 aromatic carbocycles. The molecule has 0 unspecified atom stereocenters. The number of hydrogen-bond acceptors (Lipinski definition) is 4. The first-order valence-corrected chi connectivity index (χ1v) is 10.4. The van der Waals surface area contributed by atoms with E-state index < -0.39 is 0 Å². The highest BCUT2D eigenvalue weighted by Crippen LogP contribution is 2.41. The molecule has 4 nitrogen and oxygen atoms in total. The first-order chi connectivity index (χ1) is 13.2. The molecule has 5 heteroatoms. The Hall–Kier alpha value is -2.37. The van der Waals surface area contributed by atoms with Gasteiger partial charge >= 0.3 is 0 Å². The number of piperidine rings is 1. The maximum absolute atomic E-state index is 8.45. The lowest BCUT2D eigenvalue weighted by molar-refractivity contribution is 0.250. The van der Waals surface area contributed by atoms with Crippen LogP contribution in [0.1, 0.15) is 17.2 Å². The molecule has 1 N–H and O–H groups in total. The minimum atomic E-state index is 0.0723. The second kappa shape index (κ2) is 7.71. The van der Waals surface area contributed by atoms with E-state index in [4.69, 9.17) is 10.5 Å². The van der Waals surface area contributed by atoms with E-state index in [9.17, 15) is 0 Å². The van der Waals surface area contributed by atoms with E-state index in [1.54, 1.807) is 0 Å². The van der Waals surface area contributed by atoms with Gasteiger partial charge in [0, 0.05) is 19.0 Å². The number of likely N-dealkylation sites (N-methyl/N-ethyl adjacent to an activating group) is 1.